The Balaban J connectivity index is 2.61. The van der Waals surface area contributed by atoms with Crippen LogP contribution in [0.3, 0.4) is 0 Å². The molecule has 0 aromatic heterocycles. The smallest absolute Gasteiger partial charge is 0.217 e. The molecule has 1 unspecified atom stereocenters. The molecular formula is C6H11O9S-. The van der Waals surface area contributed by atoms with E-state index in [0.717, 1.165) is 0 Å². The molecule has 5 atom stereocenters. The number of ether oxygens (including phenoxy) is 1. The van der Waals surface area contributed by atoms with Crippen molar-refractivity contribution in [3.8, 4) is 0 Å². The SMILES string of the molecule is O=S(=O)([O-])OC[C@H]1OC(O)[C@H](O)[C@@H](O)[C@@H]1O. The molecule has 0 aliphatic carbocycles. The lowest BCUT2D eigenvalue weighted by molar-refractivity contribution is -0.285. The van der Waals surface area contributed by atoms with Crippen LogP contribution >= 0.6 is 0 Å². The Morgan fingerprint density at radius 3 is 2.19 bits per heavy atom. The van der Waals surface area contributed by atoms with Gasteiger partial charge in [-0.1, -0.05) is 0 Å². The van der Waals surface area contributed by atoms with Gasteiger partial charge in [0, 0.05) is 0 Å². The summed E-state index contributed by atoms with van der Waals surface area (Å²) in [7, 11) is -4.96. The Kier molecular flexibility index (Phi) is 4.20. The largest absolute Gasteiger partial charge is 0.726 e. The topological polar surface area (TPSA) is 157 Å². The maximum Gasteiger partial charge on any atom is 0.217 e. The van der Waals surface area contributed by atoms with E-state index >= 15 is 0 Å². The Morgan fingerprint density at radius 2 is 1.69 bits per heavy atom. The van der Waals surface area contributed by atoms with E-state index in [1.165, 1.54) is 0 Å². The standard InChI is InChI=1S/C6H12O9S/c7-3-2(1-14-16(11,12)13)15-6(10)5(9)4(3)8/h2-10H,1H2,(H,11,12,13)/p-1/t2-,3-,4+,5-,6?/m1/s1. The third-order valence-corrected chi connectivity index (χ3v) is 2.49. The Hall–Kier alpha value is -0.330. The molecule has 1 rings (SSSR count). The fourth-order valence-corrected chi connectivity index (χ4v) is 1.52. The second kappa shape index (κ2) is 4.89. The molecule has 1 fully saturated rings. The van der Waals surface area contributed by atoms with Crippen LogP contribution in [0.15, 0.2) is 0 Å². The van der Waals surface area contributed by atoms with Crippen LogP contribution < -0.4 is 0 Å². The molecule has 0 amide bonds. The first-order valence-electron chi connectivity index (χ1n) is 4.20. The molecule has 0 aromatic rings. The Labute approximate surface area is 90.8 Å². The molecule has 4 N–H and O–H groups in total. The zero-order chi connectivity index (χ0) is 12.5. The zero-order valence-electron chi connectivity index (χ0n) is 7.83. The third-order valence-electron chi connectivity index (χ3n) is 2.06. The van der Waals surface area contributed by atoms with Gasteiger partial charge in [0.15, 0.2) is 6.29 Å². The van der Waals surface area contributed by atoms with E-state index in [-0.39, 0.29) is 0 Å². The summed E-state index contributed by atoms with van der Waals surface area (Å²) >= 11 is 0. The summed E-state index contributed by atoms with van der Waals surface area (Å²) in [5.41, 5.74) is 0. The number of rotatable bonds is 3. The molecule has 0 bridgehead atoms. The summed E-state index contributed by atoms with van der Waals surface area (Å²) in [6.45, 7) is -0.867. The zero-order valence-corrected chi connectivity index (χ0v) is 8.65. The number of aliphatic hydroxyl groups is 4. The number of hydrogen-bond acceptors (Lipinski definition) is 9. The highest BCUT2D eigenvalue weighted by Gasteiger charge is 2.43. The van der Waals surface area contributed by atoms with Crippen molar-refractivity contribution < 1.29 is 42.3 Å². The van der Waals surface area contributed by atoms with Gasteiger partial charge < -0.3 is 29.7 Å². The van der Waals surface area contributed by atoms with Gasteiger partial charge in [0.1, 0.15) is 24.4 Å². The lowest BCUT2D eigenvalue weighted by Gasteiger charge is -2.38. The Bertz CT molecular complexity index is 327. The lowest BCUT2D eigenvalue weighted by Crippen LogP contribution is -2.58. The first-order chi connectivity index (χ1) is 7.22. The normalized spacial score (nSPS) is 40.9. The summed E-state index contributed by atoms with van der Waals surface area (Å²) in [6, 6.07) is 0. The Morgan fingerprint density at radius 1 is 1.12 bits per heavy atom. The second-order valence-corrected chi connectivity index (χ2v) is 4.28. The van der Waals surface area contributed by atoms with Gasteiger partial charge in [0.25, 0.3) is 0 Å². The molecule has 9 nitrogen and oxygen atoms in total. The summed E-state index contributed by atoms with van der Waals surface area (Å²) in [6.07, 6.45) is -8.37. The van der Waals surface area contributed by atoms with Gasteiger partial charge >= 0.3 is 0 Å². The van der Waals surface area contributed by atoms with Crippen molar-refractivity contribution >= 4 is 10.4 Å². The highest BCUT2D eigenvalue weighted by Crippen LogP contribution is 2.20. The summed E-state index contributed by atoms with van der Waals surface area (Å²) in [5, 5.41) is 36.6. The molecule has 0 saturated carbocycles. The maximum absolute atomic E-state index is 10.1. The van der Waals surface area contributed by atoms with Crippen LogP contribution in [-0.4, -0.2) is 70.7 Å². The molecule has 1 aliphatic rings. The van der Waals surface area contributed by atoms with Gasteiger partial charge in [0.05, 0.1) is 6.61 Å². The summed E-state index contributed by atoms with van der Waals surface area (Å²) in [5.74, 6) is 0. The van der Waals surface area contributed by atoms with E-state index in [4.69, 9.17) is 10.2 Å². The highest BCUT2D eigenvalue weighted by molar-refractivity contribution is 7.80. The molecule has 1 aliphatic heterocycles. The predicted octanol–water partition coefficient (Wildman–Crippen LogP) is -3.74. The van der Waals surface area contributed by atoms with Gasteiger partial charge in [-0.25, -0.2) is 8.42 Å². The lowest BCUT2D eigenvalue weighted by atomic mass is 10.00. The van der Waals surface area contributed by atoms with E-state index in [1.807, 2.05) is 0 Å². The van der Waals surface area contributed by atoms with E-state index in [0.29, 0.717) is 0 Å². The monoisotopic (exact) mass is 259 g/mol. The van der Waals surface area contributed by atoms with Crippen LogP contribution in [0.1, 0.15) is 0 Å². The van der Waals surface area contributed by atoms with Gasteiger partial charge in [-0.3, -0.25) is 4.18 Å². The minimum absolute atomic E-state index is 0.867. The fourth-order valence-electron chi connectivity index (χ4n) is 1.22. The molecule has 10 heteroatoms. The van der Waals surface area contributed by atoms with Crippen LogP contribution in [0.2, 0.25) is 0 Å². The van der Waals surface area contributed by atoms with Crippen molar-refractivity contribution in [2.75, 3.05) is 6.61 Å². The van der Waals surface area contributed by atoms with Crippen molar-refractivity contribution in [3.05, 3.63) is 0 Å². The fraction of sp³-hybridized carbons (Fsp3) is 1.00. The third kappa shape index (κ3) is 3.33. The molecule has 16 heavy (non-hydrogen) atoms. The molecular weight excluding hydrogens is 248 g/mol. The average molecular weight is 259 g/mol. The summed E-state index contributed by atoms with van der Waals surface area (Å²) < 4.78 is 38.7. The van der Waals surface area contributed by atoms with Crippen molar-refractivity contribution in [1.29, 1.82) is 0 Å². The minimum atomic E-state index is -4.96. The van der Waals surface area contributed by atoms with Gasteiger partial charge in [-0.2, -0.15) is 0 Å². The molecule has 96 valence electrons. The summed E-state index contributed by atoms with van der Waals surface area (Å²) in [4.78, 5) is 0. The van der Waals surface area contributed by atoms with E-state index in [1.54, 1.807) is 0 Å². The molecule has 0 radical (unpaired) electrons. The van der Waals surface area contributed by atoms with Crippen LogP contribution in [0.25, 0.3) is 0 Å². The van der Waals surface area contributed by atoms with Gasteiger partial charge in [-0.15, -0.1) is 0 Å². The first kappa shape index (κ1) is 13.7. The van der Waals surface area contributed by atoms with Crippen LogP contribution in [0.5, 0.6) is 0 Å². The van der Waals surface area contributed by atoms with Crippen molar-refractivity contribution in [1.82, 2.24) is 0 Å². The van der Waals surface area contributed by atoms with Crippen molar-refractivity contribution in [3.63, 3.8) is 0 Å². The second-order valence-electron chi connectivity index (χ2n) is 3.23. The van der Waals surface area contributed by atoms with E-state index in [9.17, 15) is 23.2 Å². The van der Waals surface area contributed by atoms with Gasteiger partial charge in [0.2, 0.25) is 10.4 Å². The quantitative estimate of drug-likeness (QED) is 0.295. The van der Waals surface area contributed by atoms with Gasteiger partial charge in [-0.05, 0) is 0 Å². The molecule has 0 spiro atoms. The molecule has 0 aromatic carbocycles. The predicted molar refractivity (Wildman–Crippen MR) is 44.5 cm³/mol. The minimum Gasteiger partial charge on any atom is -0.726 e. The molecule has 1 heterocycles. The van der Waals surface area contributed by atoms with E-state index in [2.05, 4.69) is 8.92 Å². The molecule has 1 saturated heterocycles. The highest BCUT2D eigenvalue weighted by atomic mass is 32.3. The van der Waals surface area contributed by atoms with Crippen molar-refractivity contribution in [2.45, 2.75) is 30.7 Å². The van der Waals surface area contributed by atoms with E-state index < -0.39 is 47.7 Å². The first-order valence-corrected chi connectivity index (χ1v) is 5.53. The van der Waals surface area contributed by atoms with Crippen LogP contribution in [0.4, 0.5) is 0 Å². The maximum atomic E-state index is 10.1. The average Bonchev–Trinajstić information content (AvgIpc) is 2.17. The van der Waals surface area contributed by atoms with Crippen LogP contribution in [-0.2, 0) is 19.3 Å². The van der Waals surface area contributed by atoms with Crippen molar-refractivity contribution in [2.24, 2.45) is 0 Å². The number of hydrogen-bond donors (Lipinski definition) is 4. The number of aliphatic hydroxyl groups excluding tert-OH is 4. The van der Waals surface area contributed by atoms with Crippen LogP contribution in [0, 0.1) is 0 Å².